The van der Waals surface area contributed by atoms with Crippen molar-refractivity contribution in [2.24, 2.45) is 5.73 Å². The Labute approximate surface area is 114 Å². The van der Waals surface area contributed by atoms with E-state index in [1.165, 1.54) is 12.1 Å². The van der Waals surface area contributed by atoms with Crippen LogP contribution in [0, 0.1) is 11.3 Å². The van der Waals surface area contributed by atoms with Crippen LogP contribution >= 0.6 is 0 Å². The van der Waals surface area contributed by atoms with Crippen LogP contribution < -0.4 is 10.5 Å². The van der Waals surface area contributed by atoms with E-state index in [2.05, 4.69) is 0 Å². The minimum atomic E-state index is -4.12. The van der Waals surface area contributed by atoms with Gasteiger partial charge in [0.2, 0.25) is 15.9 Å². The third-order valence-electron chi connectivity index (χ3n) is 2.29. The molecule has 0 fully saturated rings. The van der Waals surface area contributed by atoms with E-state index >= 15 is 0 Å². The second-order valence-corrected chi connectivity index (χ2v) is 5.53. The van der Waals surface area contributed by atoms with E-state index in [0.717, 1.165) is 12.1 Å². The summed E-state index contributed by atoms with van der Waals surface area (Å²) < 4.78 is 25.7. The minimum Gasteiger partial charge on any atom is -0.480 e. The van der Waals surface area contributed by atoms with E-state index in [9.17, 15) is 18.0 Å². The van der Waals surface area contributed by atoms with E-state index in [0.29, 0.717) is 0 Å². The fourth-order valence-corrected chi connectivity index (χ4v) is 2.53. The monoisotopic (exact) mass is 297 g/mol. The number of benzene rings is 1. The first-order valence-electron chi connectivity index (χ1n) is 5.30. The van der Waals surface area contributed by atoms with Crippen LogP contribution in [0.5, 0.6) is 0 Å². The highest BCUT2D eigenvalue weighted by atomic mass is 32.2. The molecule has 1 aromatic rings. The molecule has 0 heterocycles. The van der Waals surface area contributed by atoms with Gasteiger partial charge in [-0.3, -0.25) is 9.59 Å². The molecule has 8 nitrogen and oxygen atoms in total. The number of nitrogens with one attached hydrogen (secondary N) is 1. The number of carboxylic acids is 1. The molecule has 106 valence electrons. The van der Waals surface area contributed by atoms with Crippen LogP contribution in [-0.4, -0.2) is 31.4 Å². The molecule has 0 aliphatic heterocycles. The van der Waals surface area contributed by atoms with Gasteiger partial charge in [0.25, 0.3) is 0 Å². The van der Waals surface area contributed by atoms with E-state index in [1.807, 2.05) is 10.8 Å². The third-order valence-corrected chi connectivity index (χ3v) is 3.78. The molecule has 1 atom stereocenters. The maximum atomic E-state index is 11.9. The van der Waals surface area contributed by atoms with Gasteiger partial charge in [-0.15, -0.1) is 0 Å². The van der Waals surface area contributed by atoms with Crippen molar-refractivity contribution >= 4 is 21.9 Å². The molecule has 0 bridgehead atoms. The van der Waals surface area contributed by atoms with Crippen molar-refractivity contribution in [3.63, 3.8) is 0 Å². The first-order chi connectivity index (χ1) is 9.26. The summed E-state index contributed by atoms with van der Waals surface area (Å²) in [5.41, 5.74) is 5.11. The molecule has 0 aliphatic rings. The second-order valence-electron chi connectivity index (χ2n) is 3.82. The molecule has 4 N–H and O–H groups in total. The molecule has 9 heteroatoms. The topological polar surface area (TPSA) is 150 Å². The van der Waals surface area contributed by atoms with Gasteiger partial charge in [-0.05, 0) is 24.3 Å². The number of aliphatic carboxylic acids is 1. The lowest BCUT2D eigenvalue weighted by Gasteiger charge is -2.13. The Kier molecular flexibility index (Phi) is 4.79. The summed E-state index contributed by atoms with van der Waals surface area (Å²) in [6, 6.07) is 5.04. The number of nitrogens with two attached hydrogens (primary N) is 1. The maximum absolute atomic E-state index is 11.9. The van der Waals surface area contributed by atoms with Gasteiger partial charge in [0, 0.05) is 0 Å². The van der Waals surface area contributed by atoms with Gasteiger partial charge in [-0.2, -0.15) is 9.98 Å². The highest BCUT2D eigenvalue weighted by molar-refractivity contribution is 7.89. The molecule has 0 saturated heterocycles. The Morgan fingerprint density at radius 2 is 1.90 bits per heavy atom. The predicted molar refractivity (Wildman–Crippen MR) is 66.7 cm³/mol. The average molecular weight is 297 g/mol. The highest BCUT2D eigenvalue weighted by Crippen LogP contribution is 2.11. The van der Waals surface area contributed by atoms with Crippen LogP contribution in [0.2, 0.25) is 0 Å². The molecule has 0 saturated carbocycles. The van der Waals surface area contributed by atoms with Gasteiger partial charge in [0.15, 0.2) is 0 Å². The number of hydrogen-bond donors (Lipinski definition) is 3. The van der Waals surface area contributed by atoms with Crippen LogP contribution in [0.4, 0.5) is 0 Å². The van der Waals surface area contributed by atoms with Crippen LogP contribution in [0.15, 0.2) is 29.2 Å². The van der Waals surface area contributed by atoms with Crippen LogP contribution in [0.1, 0.15) is 12.0 Å². The molecule has 0 radical (unpaired) electrons. The van der Waals surface area contributed by atoms with Crippen molar-refractivity contribution in [1.82, 2.24) is 4.72 Å². The Morgan fingerprint density at radius 1 is 1.35 bits per heavy atom. The molecule has 0 unspecified atom stereocenters. The highest BCUT2D eigenvalue weighted by Gasteiger charge is 2.26. The maximum Gasteiger partial charge on any atom is 0.322 e. The Morgan fingerprint density at radius 3 is 2.30 bits per heavy atom. The Bertz CT molecular complexity index is 660. The van der Waals surface area contributed by atoms with Gasteiger partial charge < -0.3 is 10.8 Å². The normalized spacial score (nSPS) is 12.3. The van der Waals surface area contributed by atoms with Crippen molar-refractivity contribution in [3.05, 3.63) is 29.8 Å². The molecular weight excluding hydrogens is 286 g/mol. The summed E-state index contributed by atoms with van der Waals surface area (Å²) in [7, 11) is -4.12. The number of nitriles is 1. The summed E-state index contributed by atoms with van der Waals surface area (Å²) in [4.78, 5) is 21.4. The number of carbonyl (C=O) groups excluding carboxylic acids is 1. The van der Waals surface area contributed by atoms with Crippen molar-refractivity contribution < 1.29 is 23.1 Å². The molecule has 20 heavy (non-hydrogen) atoms. The zero-order valence-electron chi connectivity index (χ0n) is 10.1. The lowest BCUT2D eigenvalue weighted by atomic mass is 10.2. The summed E-state index contributed by atoms with van der Waals surface area (Å²) in [6.45, 7) is 0. The number of hydrogen-bond acceptors (Lipinski definition) is 5. The number of sulfonamides is 1. The predicted octanol–water partition coefficient (Wildman–Crippen LogP) is -0.835. The first kappa shape index (κ1) is 15.6. The van der Waals surface area contributed by atoms with Gasteiger partial charge >= 0.3 is 5.97 Å². The largest absolute Gasteiger partial charge is 0.480 e. The molecule has 1 aromatic carbocycles. The standard InChI is InChI=1S/C11H11N3O5S/c12-6-7-1-3-8(4-2-7)20(18,19)14-9(11(16)17)5-10(13)15/h1-4,9,14H,5H2,(H2,13,15)(H,16,17)/t9-/m1/s1. The van der Waals surface area contributed by atoms with E-state index in [4.69, 9.17) is 16.1 Å². The third kappa shape index (κ3) is 4.04. The Balaban J connectivity index is 3.00. The zero-order valence-corrected chi connectivity index (χ0v) is 10.9. The average Bonchev–Trinajstić information content (AvgIpc) is 2.37. The van der Waals surface area contributed by atoms with Crippen LogP contribution in [0.25, 0.3) is 0 Å². The molecule has 1 rings (SSSR count). The molecule has 1 amide bonds. The fourth-order valence-electron chi connectivity index (χ4n) is 1.34. The summed E-state index contributed by atoms with van der Waals surface area (Å²) in [5, 5.41) is 17.4. The SMILES string of the molecule is N#Cc1ccc(S(=O)(=O)N[C@H](CC(N)=O)C(=O)O)cc1. The van der Waals surface area contributed by atoms with Gasteiger partial charge in [0.1, 0.15) is 6.04 Å². The van der Waals surface area contributed by atoms with Crippen molar-refractivity contribution in [3.8, 4) is 6.07 Å². The van der Waals surface area contributed by atoms with Crippen molar-refractivity contribution in [2.75, 3.05) is 0 Å². The van der Waals surface area contributed by atoms with E-state index in [-0.39, 0.29) is 10.5 Å². The number of nitrogens with zero attached hydrogens (tertiary/aromatic N) is 1. The van der Waals surface area contributed by atoms with Gasteiger partial charge in [0.05, 0.1) is 22.9 Å². The van der Waals surface area contributed by atoms with E-state index < -0.39 is 34.4 Å². The number of rotatable bonds is 6. The van der Waals surface area contributed by atoms with Crippen LogP contribution in [0.3, 0.4) is 0 Å². The van der Waals surface area contributed by atoms with Crippen molar-refractivity contribution in [2.45, 2.75) is 17.4 Å². The van der Waals surface area contributed by atoms with Crippen molar-refractivity contribution in [1.29, 1.82) is 5.26 Å². The van der Waals surface area contributed by atoms with Gasteiger partial charge in [-0.1, -0.05) is 0 Å². The fraction of sp³-hybridized carbons (Fsp3) is 0.182. The number of amides is 1. The molecule has 0 aromatic heterocycles. The summed E-state index contributed by atoms with van der Waals surface area (Å²) in [6.07, 6.45) is -0.662. The minimum absolute atomic E-state index is 0.216. The summed E-state index contributed by atoms with van der Waals surface area (Å²) in [5.74, 6) is -2.46. The summed E-state index contributed by atoms with van der Waals surface area (Å²) >= 11 is 0. The quantitative estimate of drug-likeness (QED) is 0.623. The molecule has 0 aliphatic carbocycles. The molecule has 0 spiro atoms. The Hall–Kier alpha value is -2.44. The number of carbonyl (C=O) groups is 2. The number of primary amides is 1. The smallest absolute Gasteiger partial charge is 0.322 e. The zero-order chi connectivity index (χ0) is 15.3. The lowest BCUT2D eigenvalue weighted by Crippen LogP contribution is -2.43. The van der Waals surface area contributed by atoms with Crippen LogP contribution in [-0.2, 0) is 19.6 Å². The molecular formula is C11H11N3O5S. The second kappa shape index (κ2) is 6.14. The number of carboxylic acid groups (broad SMARTS) is 1. The lowest BCUT2D eigenvalue weighted by molar-refractivity contribution is -0.140. The van der Waals surface area contributed by atoms with Gasteiger partial charge in [-0.25, -0.2) is 8.42 Å². The first-order valence-corrected chi connectivity index (χ1v) is 6.78. The van der Waals surface area contributed by atoms with E-state index in [1.54, 1.807) is 0 Å².